The van der Waals surface area contributed by atoms with Gasteiger partial charge in [0.25, 0.3) is 0 Å². The van der Waals surface area contributed by atoms with Gasteiger partial charge in [-0.1, -0.05) is 6.92 Å². The molecule has 0 aromatic heterocycles. The lowest BCUT2D eigenvalue weighted by Gasteiger charge is -2.11. The van der Waals surface area contributed by atoms with E-state index in [4.69, 9.17) is 5.73 Å². The Labute approximate surface area is 77.6 Å². The molecule has 0 aromatic rings. The van der Waals surface area contributed by atoms with Crippen LogP contribution < -0.4 is 11.1 Å². The van der Waals surface area contributed by atoms with Crippen molar-refractivity contribution in [2.45, 2.75) is 13.3 Å². The number of hydrogen-bond donors (Lipinski definition) is 2. The van der Waals surface area contributed by atoms with Crippen LogP contribution in [0.1, 0.15) is 13.3 Å². The summed E-state index contributed by atoms with van der Waals surface area (Å²) in [6, 6.07) is 0. The number of hydrogen-bond acceptors (Lipinski definition) is 4. The van der Waals surface area contributed by atoms with Gasteiger partial charge in [0.2, 0.25) is 5.91 Å². The summed E-state index contributed by atoms with van der Waals surface area (Å²) in [6.07, 6.45) is 0.670. The molecule has 0 rings (SSSR count). The minimum absolute atomic E-state index is 0.0914. The maximum Gasteiger partial charge on any atom is 0.325 e. The van der Waals surface area contributed by atoms with Crippen molar-refractivity contribution in [2.24, 2.45) is 11.7 Å². The first-order chi connectivity index (χ1) is 6.15. The summed E-state index contributed by atoms with van der Waals surface area (Å²) in [4.78, 5) is 21.9. The van der Waals surface area contributed by atoms with Crippen molar-refractivity contribution in [1.82, 2.24) is 5.32 Å². The lowest BCUT2D eigenvalue weighted by molar-refractivity contribution is -0.141. The number of ether oxygens (including phenoxy) is 1. The predicted molar refractivity (Wildman–Crippen MR) is 47.9 cm³/mol. The van der Waals surface area contributed by atoms with Crippen molar-refractivity contribution in [3.63, 3.8) is 0 Å². The van der Waals surface area contributed by atoms with E-state index in [0.29, 0.717) is 13.0 Å². The van der Waals surface area contributed by atoms with Gasteiger partial charge in [-0.05, 0) is 6.42 Å². The molecule has 0 fully saturated rings. The molecule has 0 aliphatic heterocycles. The Balaban J connectivity index is 3.79. The second-order valence-electron chi connectivity index (χ2n) is 2.63. The average Bonchev–Trinajstić information content (AvgIpc) is 2.16. The molecular formula is C8H16N2O3. The highest BCUT2D eigenvalue weighted by Gasteiger charge is 2.14. The number of nitrogens with two attached hydrogens (primary N) is 1. The Morgan fingerprint density at radius 1 is 1.54 bits per heavy atom. The molecule has 3 N–H and O–H groups in total. The minimum atomic E-state index is -0.458. The number of methoxy groups -OCH3 is 1. The number of amides is 1. The van der Waals surface area contributed by atoms with E-state index in [1.807, 2.05) is 6.92 Å². The highest BCUT2D eigenvalue weighted by Crippen LogP contribution is 1.98. The van der Waals surface area contributed by atoms with Gasteiger partial charge in [-0.2, -0.15) is 0 Å². The Morgan fingerprint density at radius 3 is 2.54 bits per heavy atom. The second-order valence-corrected chi connectivity index (χ2v) is 2.63. The third-order valence-electron chi connectivity index (χ3n) is 1.78. The van der Waals surface area contributed by atoms with Crippen molar-refractivity contribution in [3.8, 4) is 0 Å². The molecule has 0 aliphatic rings. The van der Waals surface area contributed by atoms with Crippen LogP contribution in [0.15, 0.2) is 0 Å². The molecule has 1 amide bonds. The molecule has 0 heterocycles. The van der Waals surface area contributed by atoms with E-state index in [1.54, 1.807) is 0 Å². The van der Waals surface area contributed by atoms with E-state index in [0.717, 1.165) is 0 Å². The molecule has 0 saturated heterocycles. The third kappa shape index (κ3) is 4.47. The summed E-state index contributed by atoms with van der Waals surface area (Å²) in [6.45, 7) is 2.07. The summed E-state index contributed by atoms with van der Waals surface area (Å²) in [5.41, 5.74) is 5.35. The van der Waals surface area contributed by atoms with Crippen molar-refractivity contribution in [2.75, 3.05) is 20.2 Å². The van der Waals surface area contributed by atoms with Crippen molar-refractivity contribution < 1.29 is 14.3 Å². The SMILES string of the molecule is CCC(CN)C(=O)NCC(=O)OC. The fourth-order valence-electron chi connectivity index (χ4n) is 0.835. The summed E-state index contributed by atoms with van der Waals surface area (Å²) in [7, 11) is 1.27. The average molecular weight is 188 g/mol. The van der Waals surface area contributed by atoms with Crippen LogP contribution in [0.4, 0.5) is 0 Å². The van der Waals surface area contributed by atoms with Crippen molar-refractivity contribution >= 4 is 11.9 Å². The standard InChI is InChI=1S/C8H16N2O3/c1-3-6(4-9)8(12)10-5-7(11)13-2/h6H,3-5,9H2,1-2H3,(H,10,12). The predicted octanol–water partition coefficient (Wildman–Crippen LogP) is -0.739. The summed E-state index contributed by atoms with van der Waals surface area (Å²) in [5.74, 6) is -0.875. The quantitative estimate of drug-likeness (QED) is 0.557. The molecular weight excluding hydrogens is 172 g/mol. The lowest BCUT2D eigenvalue weighted by Crippen LogP contribution is -2.37. The second kappa shape index (κ2) is 6.42. The smallest absolute Gasteiger partial charge is 0.325 e. The molecule has 0 aromatic carbocycles. The van der Waals surface area contributed by atoms with Gasteiger partial charge >= 0.3 is 5.97 Å². The highest BCUT2D eigenvalue weighted by atomic mass is 16.5. The molecule has 0 spiro atoms. The lowest BCUT2D eigenvalue weighted by atomic mass is 10.1. The fourth-order valence-corrected chi connectivity index (χ4v) is 0.835. The molecule has 0 saturated carbocycles. The van der Waals surface area contributed by atoms with E-state index < -0.39 is 5.97 Å². The molecule has 0 bridgehead atoms. The Hall–Kier alpha value is -1.10. The van der Waals surface area contributed by atoms with Crippen LogP contribution in [0.5, 0.6) is 0 Å². The largest absolute Gasteiger partial charge is 0.468 e. The molecule has 1 unspecified atom stereocenters. The van der Waals surface area contributed by atoms with E-state index in [-0.39, 0.29) is 18.4 Å². The van der Waals surface area contributed by atoms with Crippen LogP contribution in [0.2, 0.25) is 0 Å². The normalized spacial score (nSPS) is 11.9. The van der Waals surface area contributed by atoms with Crippen LogP contribution in [0, 0.1) is 5.92 Å². The van der Waals surface area contributed by atoms with Crippen molar-refractivity contribution in [1.29, 1.82) is 0 Å². The first-order valence-corrected chi connectivity index (χ1v) is 4.20. The Bertz CT molecular complexity index is 178. The first kappa shape index (κ1) is 11.9. The van der Waals surface area contributed by atoms with Crippen LogP contribution in [-0.2, 0) is 14.3 Å². The van der Waals surface area contributed by atoms with Gasteiger partial charge in [0, 0.05) is 12.5 Å². The van der Waals surface area contributed by atoms with E-state index >= 15 is 0 Å². The van der Waals surface area contributed by atoms with E-state index in [1.165, 1.54) is 7.11 Å². The first-order valence-electron chi connectivity index (χ1n) is 4.20. The molecule has 13 heavy (non-hydrogen) atoms. The Morgan fingerprint density at radius 2 is 2.15 bits per heavy atom. The summed E-state index contributed by atoms with van der Waals surface area (Å²) in [5, 5.41) is 2.44. The van der Waals surface area contributed by atoms with Gasteiger partial charge in [-0.25, -0.2) is 0 Å². The highest BCUT2D eigenvalue weighted by molar-refractivity contribution is 5.83. The van der Waals surface area contributed by atoms with Crippen LogP contribution >= 0.6 is 0 Å². The monoisotopic (exact) mass is 188 g/mol. The third-order valence-corrected chi connectivity index (χ3v) is 1.78. The summed E-state index contributed by atoms with van der Waals surface area (Å²) < 4.78 is 4.36. The van der Waals surface area contributed by atoms with Gasteiger partial charge in [-0.15, -0.1) is 0 Å². The zero-order valence-electron chi connectivity index (χ0n) is 8.00. The van der Waals surface area contributed by atoms with Crippen LogP contribution in [-0.4, -0.2) is 32.1 Å². The van der Waals surface area contributed by atoms with Gasteiger partial charge in [0.05, 0.1) is 7.11 Å². The maximum atomic E-state index is 11.2. The van der Waals surface area contributed by atoms with Gasteiger partial charge in [-0.3, -0.25) is 9.59 Å². The maximum absolute atomic E-state index is 11.2. The Kier molecular flexibility index (Phi) is 5.88. The topological polar surface area (TPSA) is 81.4 Å². The van der Waals surface area contributed by atoms with Crippen LogP contribution in [0.3, 0.4) is 0 Å². The summed E-state index contributed by atoms with van der Waals surface area (Å²) >= 11 is 0. The van der Waals surface area contributed by atoms with Crippen LogP contribution in [0.25, 0.3) is 0 Å². The van der Waals surface area contributed by atoms with E-state index in [9.17, 15) is 9.59 Å². The zero-order valence-corrected chi connectivity index (χ0v) is 8.00. The molecule has 5 nitrogen and oxygen atoms in total. The fraction of sp³-hybridized carbons (Fsp3) is 0.750. The molecule has 0 aliphatic carbocycles. The number of rotatable bonds is 5. The zero-order chi connectivity index (χ0) is 10.3. The van der Waals surface area contributed by atoms with Gasteiger partial charge in [0.15, 0.2) is 0 Å². The number of nitrogens with one attached hydrogen (secondary N) is 1. The van der Waals surface area contributed by atoms with Gasteiger partial charge < -0.3 is 15.8 Å². The minimum Gasteiger partial charge on any atom is -0.468 e. The van der Waals surface area contributed by atoms with Gasteiger partial charge in [0.1, 0.15) is 6.54 Å². The van der Waals surface area contributed by atoms with E-state index in [2.05, 4.69) is 10.1 Å². The molecule has 0 radical (unpaired) electrons. The molecule has 5 heteroatoms. The number of carbonyl (C=O) groups is 2. The molecule has 1 atom stereocenters. The molecule has 76 valence electrons. The number of carbonyl (C=O) groups excluding carboxylic acids is 2. The number of esters is 1. The van der Waals surface area contributed by atoms with Crippen molar-refractivity contribution in [3.05, 3.63) is 0 Å².